The Kier molecular flexibility index (Phi) is 10.4. The van der Waals surface area contributed by atoms with Crippen LogP contribution in [0.3, 0.4) is 0 Å². The van der Waals surface area contributed by atoms with Crippen molar-refractivity contribution < 1.29 is 50.8 Å². The minimum atomic E-state index is -0.0806. The summed E-state index contributed by atoms with van der Waals surface area (Å²) in [6.45, 7) is 0.622. The summed E-state index contributed by atoms with van der Waals surface area (Å²) in [5.41, 5.74) is 0.352. The van der Waals surface area contributed by atoms with Crippen molar-refractivity contribution in [3.8, 4) is 5.75 Å². The monoisotopic (exact) mass is 433 g/mol. The van der Waals surface area contributed by atoms with Gasteiger partial charge in [0.05, 0.1) is 22.7 Å². The standard InChI is InChI=1S/C11H13Cl2NO2P.Pr/c1-16-11-8(13)5-4-7(12)10(11)9(15)3-2-6-14-17;/h4-5H,2-3,6,17H2,1H3;/q-1;. The molecule has 0 aliphatic rings. The maximum atomic E-state index is 12.0. The summed E-state index contributed by atoms with van der Waals surface area (Å²) in [5.74, 6) is 0.259. The molecule has 0 aliphatic heterocycles. The van der Waals surface area contributed by atoms with Gasteiger partial charge in [-0.15, -0.1) is 6.54 Å². The Bertz CT molecular complexity index is 418. The summed E-state index contributed by atoms with van der Waals surface area (Å²) in [5, 5.41) is 4.60. The van der Waals surface area contributed by atoms with Gasteiger partial charge in [-0.25, -0.2) is 0 Å². The van der Waals surface area contributed by atoms with E-state index in [0.29, 0.717) is 40.7 Å². The van der Waals surface area contributed by atoms with Gasteiger partial charge in [0.25, 0.3) is 0 Å². The third-order valence-electron chi connectivity index (χ3n) is 2.23. The van der Waals surface area contributed by atoms with Crippen LogP contribution in [0.1, 0.15) is 23.2 Å². The Balaban J connectivity index is 0.00000289. The largest absolute Gasteiger partial charge is 0.642 e. The van der Waals surface area contributed by atoms with Gasteiger partial charge in [0.15, 0.2) is 5.78 Å². The van der Waals surface area contributed by atoms with Crippen LogP contribution >= 0.6 is 32.6 Å². The van der Waals surface area contributed by atoms with E-state index in [4.69, 9.17) is 27.9 Å². The average molecular weight is 434 g/mol. The molecule has 3 nitrogen and oxygen atoms in total. The number of Topliss-reactive ketones (excluding diaryl/α,β-unsaturated/α-hetero) is 1. The van der Waals surface area contributed by atoms with Gasteiger partial charge in [0.2, 0.25) is 0 Å². The molecule has 0 aliphatic carbocycles. The number of halogens is 2. The molecular formula is C11H13Cl2NO2PPr-. The molecule has 0 saturated carbocycles. The number of benzene rings is 1. The first-order valence-corrected chi connectivity index (χ1v) is 6.31. The third-order valence-corrected chi connectivity index (χ3v) is 3.10. The number of carbonyl (C=O) groups is 1. The van der Waals surface area contributed by atoms with Crippen LogP contribution in [0.15, 0.2) is 12.1 Å². The molecule has 0 bridgehead atoms. The minimum Gasteiger partial charge on any atom is -0.642 e. The summed E-state index contributed by atoms with van der Waals surface area (Å²) < 4.78 is 5.12. The Labute approximate surface area is 153 Å². The van der Waals surface area contributed by atoms with Crippen LogP contribution in [0.5, 0.6) is 5.75 Å². The van der Waals surface area contributed by atoms with E-state index in [2.05, 4.69) is 14.5 Å². The maximum Gasteiger partial charge on any atom is 0.168 e. The van der Waals surface area contributed by atoms with Crippen molar-refractivity contribution in [2.24, 2.45) is 0 Å². The number of ketones is 1. The molecule has 1 aromatic rings. The molecule has 18 heavy (non-hydrogen) atoms. The summed E-state index contributed by atoms with van der Waals surface area (Å²) >= 11 is 11.9. The molecule has 97 valence electrons. The molecule has 0 amide bonds. The SMILES string of the molecule is COc1c(Cl)ccc(Cl)c1C(=O)CCC[N-]P.[Pr]. The van der Waals surface area contributed by atoms with Crippen molar-refractivity contribution in [2.45, 2.75) is 12.8 Å². The predicted octanol–water partition coefficient (Wildman–Crippen LogP) is 4.13. The number of nitrogens with zero attached hydrogens (tertiary/aromatic N) is 1. The molecular weight excluding hydrogens is 421 g/mol. The van der Waals surface area contributed by atoms with Crippen LogP contribution in [0.2, 0.25) is 10.0 Å². The van der Waals surface area contributed by atoms with Crippen molar-refractivity contribution in [3.05, 3.63) is 32.8 Å². The minimum absolute atomic E-state index is 0. The normalized spacial score (nSPS) is 9.78. The second kappa shape index (κ2) is 9.85. The van der Waals surface area contributed by atoms with E-state index in [-0.39, 0.29) is 47.1 Å². The van der Waals surface area contributed by atoms with E-state index in [1.807, 2.05) is 0 Å². The number of hydrogen-bond acceptors (Lipinski definition) is 2. The van der Waals surface area contributed by atoms with Crippen molar-refractivity contribution in [3.63, 3.8) is 0 Å². The number of rotatable bonds is 6. The number of hydrogen-bond donors (Lipinski definition) is 0. The van der Waals surface area contributed by atoms with Gasteiger partial charge in [-0.3, -0.25) is 14.2 Å². The first-order valence-electron chi connectivity index (χ1n) is 5.03. The van der Waals surface area contributed by atoms with Gasteiger partial charge in [-0.1, -0.05) is 29.6 Å². The molecule has 1 rings (SSSR count). The van der Waals surface area contributed by atoms with Crippen LogP contribution < -0.4 is 4.74 Å². The molecule has 1 atom stereocenters. The molecule has 0 aromatic heterocycles. The predicted molar refractivity (Wildman–Crippen MR) is 74.5 cm³/mol. The fraction of sp³-hybridized carbons (Fsp3) is 0.364. The molecule has 0 fully saturated rings. The van der Waals surface area contributed by atoms with Crippen molar-refractivity contribution in [1.29, 1.82) is 0 Å². The molecule has 0 heterocycles. The van der Waals surface area contributed by atoms with E-state index < -0.39 is 0 Å². The fourth-order valence-corrected chi connectivity index (χ4v) is 2.12. The van der Waals surface area contributed by atoms with E-state index in [1.54, 1.807) is 12.1 Å². The Hall–Kier alpha value is 1.02. The van der Waals surface area contributed by atoms with E-state index in [0.717, 1.165) is 0 Å². The number of methoxy groups -OCH3 is 1. The van der Waals surface area contributed by atoms with Crippen molar-refractivity contribution in [1.82, 2.24) is 0 Å². The topological polar surface area (TPSA) is 40.4 Å². The molecule has 0 spiro atoms. The van der Waals surface area contributed by atoms with Gasteiger partial charge >= 0.3 is 0 Å². The summed E-state index contributed by atoms with van der Waals surface area (Å²) in [4.78, 5) is 12.0. The second-order valence-corrected chi connectivity index (χ2v) is 4.55. The van der Waals surface area contributed by atoms with Crippen LogP contribution in [0.25, 0.3) is 5.09 Å². The Morgan fingerprint density at radius 2 is 2.00 bits per heavy atom. The summed E-state index contributed by atoms with van der Waals surface area (Å²) in [6, 6.07) is 3.21. The summed E-state index contributed by atoms with van der Waals surface area (Å²) in [7, 11) is 3.73. The Morgan fingerprint density at radius 1 is 1.39 bits per heavy atom. The molecule has 1 aromatic carbocycles. The van der Waals surface area contributed by atoms with Gasteiger partial charge in [-0.2, -0.15) is 0 Å². The second-order valence-electron chi connectivity index (χ2n) is 3.37. The zero-order valence-corrected chi connectivity index (χ0v) is 16.3. The first kappa shape index (κ1) is 19.0. The number of carbonyl (C=O) groups excluding carboxylic acids is 1. The smallest absolute Gasteiger partial charge is 0.168 e. The summed E-state index contributed by atoms with van der Waals surface area (Å²) in [6.07, 6.45) is 1.04. The van der Waals surface area contributed by atoms with Gasteiger partial charge in [-0.05, 0) is 12.1 Å². The third kappa shape index (κ3) is 5.19. The van der Waals surface area contributed by atoms with E-state index >= 15 is 0 Å². The van der Waals surface area contributed by atoms with Crippen LogP contribution in [0, 0.1) is 41.3 Å². The van der Waals surface area contributed by atoms with Crippen molar-refractivity contribution >= 4 is 38.4 Å². The maximum absolute atomic E-state index is 12.0. The van der Waals surface area contributed by atoms with Gasteiger partial charge in [0.1, 0.15) is 5.75 Å². The van der Waals surface area contributed by atoms with Crippen molar-refractivity contribution in [2.75, 3.05) is 13.7 Å². The zero-order valence-electron chi connectivity index (χ0n) is 9.95. The molecule has 7 heteroatoms. The van der Waals surface area contributed by atoms with Crippen LogP contribution in [-0.2, 0) is 0 Å². The number of ether oxygens (including phenoxy) is 1. The van der Waals surface area contributed by atoms with Crippen LogP contribution in [0.4, 0.5) is 0 Å². The first-order chi connectivity index (χ1) is 8.11. The molecule has 0 saturated heterocycles. The fourth-order valence-electron chi connectivity index (χ4n) is 1.45. The quantitative estimate of drug-likeness (QED) is 0.384. The molecule has 0 N–H and O–H groups in total. The Morgan fingerprint density at radius 3 is 2.56 bits per heavy atom. The van der Waals surface area contributed by atoms with E-state index in [1.165, 1.54) is 7.11 Å². The average Bonchev–Trinajstić information content (AvgIpc) is 2.31. The zero-order chi connectivity index (χ0) is 12.8. The van der Waals surface area contributed by atoms with Crippen LogP contribution in [-0.4, -0.2) is 19.4 Å². The van der Waals surface area contributed by atoms with Gasteiger partial charge in [0, 0.05) is 47.7 Å². The van der Waals surface area contributed by atoms with Gasteiger partial charge < -0.3 is 9.82 Å². The molecule has 1 radical (unpaired) electrons. The molecule has 1 unspecified atom stereocenters. The van der Waals surface area contributed by atoms with E-state index in [9.17, 15) is 4.79 Å².